The van der Waals surface area contributed by atoms with Crippen molar-refractivity contribution in [2.24, 2.45) is 0 Å². The highest BCUT2D eigenvalue weighted by molar-refractivity contribution is 6.29. The zero-order valence-corrected chi connectivity index (χ0v) is 9.10. The van der Waals surface area contributed by atoms with E-state index in [9.17, 15) is 0 Å². The first-order valence-corrected chi connectivity index (χ1v) is 5.01. The monoisotopic (exact) mass is 234 g/mol. The molecule has 3 aromatic rings. The Bertz CT molecular complexity index is 641. The number of halogens is 1. The maximum atomic E-state index is 5.85. The summed E-state index contributed by atoms with van der Waals surface area (Å²) in [6, 6.07) is 1.67. The van der Waals surface area contributed by atoms with Gasteiger partial charge in [-0.3, -0.25) is 9.50 Å². The molecule has 0 unspecified atom stereocenters. The van der Waals surface area contributed by atoms with Gasteiger partial charge in [-0.1, -0.05) is 11.6 Å². The molecule has 0 aliphatic rings. The van der Waals surface area contributed by atoms with Gasteiger partial charge in [0.05, 0.1) is 11.8 Å². The molecule has 0 saturated carbocycles. The van der Waals surface area contributed by atoms with Crippen LogP contribution in [-0.2, 0) is 0 Å². The summed E-state index contributed by atoms with van der Waals surface area (Å²) in [7, 11) is 0. The molecule has 1 N–H and O–H groups in total. The zero-order valence-electron chi connectivity index (χ0n) is 8.35. The summed E-state index contributed by atoms with van der Waals surface area (Å²) < 4.78 is 1.83. The lowest BCUT2D eigenvalue weighted by atomic mass is 10.3. The summed E-state index contributed by atoms with van der Waals surface area (Å²) >= 11 is 5.85. The number of aromatic amines is 1. The van der Waals surface area contributed by atoms with Gasteiger partial charge in [-0.15, -0.1) is 10.2 Å². The summed E-state index contributed by atoms with van der Waals surface area (Å²) in [5.41, 5.74) is 1.54. The van der Waals surface area contributed by atoms with Crippen molar-refractivity contribution in [2.45, 2.75) is 6.92 Å². The van der Waals surface area contributed by atoms with Gasteiger partial charge in [0.2, 0.25) is 0 Å². The maximum Gasteiger partial charge on any atom is 0.172 e. The normalized spacial score (nSPS) is 11.1. The van der Waals surface area contributed by atoms with Crippen LogP contribution in [0.15, 0.2) is 18.5 Å². The van der Waals surface area contributed by atoms with Crippen LogP contribution in [-0.4, -0.2) is 29.8 Å². The molecule has 0 fully saturated rings. The summed E-state index contributed by atoms with van der Waals surface area (Å²) in [6.07, 6.45) is 3.44. The Morgan fingerprint density at radius 2 is 2.25 bits per heavy atom. The molecule has 0 radical (unpaired) electrons. The van der Waals surface area contributed by atoms with Gasteiger partial charge in [0.25, 0.3) is 0 Å². The highest BCUT2D eigenvalue weighted by Crippen LogP contribution is 2.19. The van der Waals surface area contributed by atoms with Gasteiger partial charge >= 0.3 is 0 Å². The van der Waals surface area contributed by atoms with Crippen LogP contribution in [0.1, 0.15) is 5.82 Å². The van der Waals surface area contributed by atoms with Crippen molar-refractivity contribution in [3.63, 3.8) is 0 Å². The van der Waals surface area contributed by atoms with E-state index >= 15 is 0 Å². The van der Waals surface area contributed by atoms with Gasteiger partial charge in [-0.05, 0) is 6.92 Å². The molecule has 0 bridgehead atoms. The number of rotatable bonds is 1. The van der Waals surface area contributed by atoms with Gasteiger partial charge in [0, 0.05) is 12.3 Å². The Morgan fingerprint density at radius 1 is 1.38 bits per heavy atom. The number of fused-ring (bicyclic) bond motifs is 1. The van der Waals surface area contributed by atoms with E-state index in [0.717, 1.165) is 11.4 Å². The SMILES string of the molecule is Cc1nc(Cl)cc2nnc(-c3cn[nH]c3)n12. The van der Waals surface area contributed by atoms with E-state index < -0.39 is 0 Å². The van der Waals surface area contributed by atoms with Crippen molar-refractivity contribution in [1.82, 2.24) is 29.8 Å². The zero-order chi connectivity index (χ0) is 11.1. The van der Waals surface area contributed by atoms with Crippen molar-refractivity contribution >= 4 is 17.2 Å². The average Bonchev–Trinajstić information content (AvgIpc) is 2.82. The largest absolute Gasteiger partial charge is 0.285 e. The van der Waals surface area contributed by atoms with Crippen LogP contribution < -0.4 is 0 Å². The first kappa shape index (κ1) is 9.29. The van der Waals surface area contributed by atoms with Crippen molar-refractivity contribution in [2.75, 3.05) is 0 Å². The Hall–Kier alpha value is -1.95. The van der Waals surface area contributed by atoms with Gasteiger partial charge in [0.1, 0.15) is 11.0 Å². The van der Waals surface area contributed by atoms with E-state index in [1.807, 2.05) is 11.3 Å². The Labute approximate surface area is 95.3 Å². The minimum atomic E-state index is 0.413. The molecule has 7 heteroatoms. The number of hydrogen-bond donors (Lipinski definition) is 1. The van der Waals surface area contributed by atoms with Gasteiger partial charge in [-0.25, -0.2) is 4.98 Å². The second-order valence-electron chi connectivity index (χ2n) is 3.33. The number of H-pyrrole nitrogens is 1. The lowest BCUT2D eigenvalue weighted by molar-refractivity contribution is 0.988. The van der Waals surface area contributed by atoms with Crippen LogP contribution in [0.25, 0.3) is 17.0 Å². The van der Waals surface area contributed by atoms with Crippen LogP contribution in [0.4, 0.5) is 0 Å². The van der Waals surface area contributed by atoms with Crippen LogP contribution in [0.2, 0.25) is 5.15 Å². The molecule has 0 saturated heterocycles. The molecular weight excluding hydrogens is 228 g/mol. The van der Waals surface area contributed by atoms with Crippen molar-refractivity contribution in [3.8, 4) is 11.4 Å². The number of aromatic nitrogens is 6. The summed E-state index contributed by atoms with van der Waals surface area (Å²) in [5.74, 6) is 1.44. The van der Waals surface area contributed by atoms with Crippen molar-refractivity contribution in [1.29, 1.82) is 0 Å². The fraction of sp³-hybridized carbons (Fsp3) is 0.111. The molecule has 16 heavy (non-hydrogen) atoms. The highest BCUT2D eigenvalue weighted by Gasteiger charge is 2.12. The minimum absolute atomic E-state index is 0.413. The van der Waals surface area contributed by atoms with E-state index in [1.54, 1.807) is 18.5 Å². The molecule has 0 spiro atoms. The minimum Gasteiger partial charge on any atom is -0.285 e. The van der Waals surface area contributed by atoms with E-state index in [4.69, 9.17) is 11.6 Å². The number of nitrogens with zero attached hydrogens (tertiary/aromatic N) is 5. The summed E-state index contributed by atoms with van der Waals surface area (Å²) in [6.45, 7) is 1.85. The third-order valence-corrected chi connectivity index (χ3v) is 2.48. The van der Waals surface area contributed by atoms with Crippen LogP contribution in [0.3, 0.4) is 0 Å². The first-order valence-electron chi connectivity index (χ1n) is 4.63. The van der Waals surface area contributed by atoms with E-state index in [-0.39, 0.29) is 0 Å². The highest BCUT2D eigenvalue weighted by atomic mass is 35.5. The van der Waals surface area contributed by atoms with Crippen LogP contribution in [0, 0.1) is 6.92 Å². The quantitative estimate of drug-likeness (QED) is 0.648. The fourth-order valence-electron chi connectivity index (χ4n) is 1.61. The number of aryl methyl sites for hydroxylation is 1. The predicted molar refractivity (Wildman–Crippen MR) is 58.1 cm³/mol. The summed E-state index contributed by atoms with van der Waals surface area (Å²) in [4.78, 5) is 4.16. The Morgan fingerprint density at radius 3 is 3.00 bits per heavy atom. The average molecular weight is 235 g/mol. The Kier molecular flexibility index (Phi) is 1.90. The predicted octanol–water partition coefficient (Wildman–Crippen LogP) is 1.48. The molecule has 0 atom stereocenters. The van der Waals surface area contributed by atoms with Gasteiger partial charge < -0.3 is 0 Å². The topological polar surface area (TPSA) is 71.8 Å². The standard InChI is InChI=1S/C9H7ClN6/c1-5-13-7(10)2-8-14-15-9(16(5)8)6-3-11-12-4-6/h2-4H,1H3,(H,11,12). The molecule has 3 heterocycles. The second kappa shape index (κ2) is 3.28. The maximum absolute atomic E-state index is 5.85. The molecule has 0 aliphatic carbocycles. The van der Waals surface area contributed by atoms with Crippen molar-refractivity contribution in [3.05, 3.63) is 29.4 Å². The molecular formula is C9H7ClN6. The first-order chi connectivity index (χ1) is 7.75. The third kappa shape index (κ3) is 1.27. The van der Waals surface area contributed by atoms with Crippen LogP contribution in [0.5, 0.6) is 0 Å². The molecule has 80 valence electrons. The lowest BCUT2D eigenvalue weighted by Gasteiger charge is -2.01. The summed E-state index contributed by atoms with van der Waals surface area (Å²) in [5, 5.41) is 15.2. The molecule has 0 aliphatic heterocycles. The van der Waals surface area contributed by atoms with E-state index in [0.29, 0.717) is 16.6 Å². The number of hydrogen-bond acceptors (Lipinski definition) is 4. The van der Waals surface area contributed by atoms with E-state index in [2.05, 4.69) is 25.4 Å². The van der Waals surface area contributed by atoms with Gasteiger partial charge in [-0.2, -0.15) is 5.10 Å². The smallest absolute Gasteiger partial charge is 0.172 e. The molecule has 6 nitrogen and oxygen atoms in total. The lowest BCUT2D eigenvalue weighted by Crippen LogP contribution is -1.97. The second-order valence-corrected chi connectivity index (χ2v) is 3.72. The fourth-order valence-corrected chi connectivity index (χ4v) is 1.83. The molecule has 3 aromatic heterocycles. The van der Waals surface area contributed by atoms with Gasteiger partial charge in [0.15, 0.2) is 11.5 Å². The van der Waals surface area contributed by atoms with Crippen LogP contribution >= 0.6 is 11.6 Å². The third-order valence-electron chi connectivity index (χ3n) is 2.28. The Balaban J connectivity index is 2.36. The molecule has 3 rings (SSSR count). The molecule has 0 aromatic carbocycles. The van der Waals surface area contributed by atoms with E-state index in [1.165, 1.54) is 0 Å². The molecule has 0 amide bonds. The van der Waals surface area contributed by atoms with Crippen molar-refractivity contribution < 1.29 is 0 Å². The number of nitrogens with one attached hydrogen (secondary N) is 1.